The van der Waals surface area contributed by atoms with Crippen LogP contribution in [-0.2, 0) is 16.0 Å². The summed E-state index contributed by atoms with van der Waals surface area (Å²) in [7, 11) is 0. The zero-order chi connectivity index (χ0) is 15.1. The summed E-state index contributed by atoms with van der Waals surface area (Å²) in [6, 6.07) is 7.10. The Bertz CT molecular complexity index is 452. The first-order chi connectivity index (χ1) is 9.40. The molecule has 2 atom stereocenters. The van der Waals surface area contributed by atoms with Crippen molar-refractivity contribution in [2.24, 2.45) is 0 Å². The lowest BCUT2D eigenvalue weighted by Gasteiger charge is -2.11. The molecule has 0 aromatic heterocycles. The van der Waals surface area contributed by atoms with E-state index in [0.29, 0.717) is 19.3 Å². The van der Waals surface area contributed by atoms with Crippen molar-refractivity contribution in [3.05, 3.63) is 35.4 Å². The van der Waals surface area contributed by atoms with Crippen molar-refractivity contribution in [2.45, 2.75) is 44.6 Å². The molecule has 0 aliphatic rings. The zero-order valence-corrected chi connectivity index (χ0v) is 11.5. The minimum absolute atomic E-state index is 0.0616. The molecule has 0 fully saturated rings. The van der Waals surface area contributed by atoms with Gasteiger partial charge in [0.15, 0.2) is 0 Å². The SMILES string of the molecule is CC(C(=O)O)c1ccc(CC(O)CCCC(=O)O)cc1. The van der Waals surface area contributed by atoms with Gasteiger partial charge in [0.2, 0.25) is 0 Å². The van der Waals surface area contributed by atoms with Gasteiger partial charge in [0.25, 0.3) is 0 Å². The number of hydrogen-bond acceptors (Lipinski definition) is 3. The molecule has 0 spiro atoms. The van der Waals surface area contributed by atoms with Crippen LogP contribution in [0.2, 0.25) is 0 Å². The molecule has 1 aromatic rings. The second-order valence-corrected chi connectivity index (χ2v) is 4.95. The fourth-order valence-electron chi connectivity index (χ4n) is 1.95. The molecule has 0 bridgehead atoms. The molecule has 0 heterocycles. The third-order valence-corrected chi connectivity index (χ3v) is 3.25. The van der Waals surface area contributed by atoms with Gasteiger partial charge in [-0.15, -0.1) is 0 Å². The Morgan fingerprint density at radius 2 is 1.75 bits per heavy atom. The van der Waals surface area contributed by atoms with Gasteiger partial charge in [-0.3, -0.25) is 9.59 Å². The maximum atomic E-state index is 10.8. The van der Waals surface area contributed by atoms with Gasteiger partial charge < -0.3 is 15.3 Å². The molecule has 5 heteroatoms. The van der Waals surface area contributed by atoms with Crippen molar-refractivity contribution in [1.29, 1.82) is 0 Å². The average Bonchev–Trinajstić information content (AvgIpc) is 2.38. The predicted octanol–water partition coefficient (Wildman–Crippen LogP) is 2.03. The van der Waals surface area contributed by atoms with Crippen LogP contribution in [0.25, 0.3) is 0 Å². The smallest absolute Gasteiger partial charge is 0.310 e. The fraction of sp³-hybridized carbons (Fsp3) is 0.467. The normalized spacial score (nSPS) is 13.7. The Hall–Kier alpha value is -1.88. The average molecular weight is 280 g/mol. The van der Waals surface area contributed by atoms with Crippen LogP contribution in [0, 0.1) is 0 Å². The highest BCUT2D eigenvalue weighted by molar-refractivity contribution is 5.75. The molecule has 2 unspecified atom stereocenters. The summed E-state index contributed by atoms with van der Waals surface area (Å²) in [6.45, 7) is 1.62. The third kappa shape index (κ3) is 5.40. The maximum Gasteiger partial charge on any atom is 0.310 e. The summed E-state index contributed by atoms with van der Waals surface area (Å²) >= 11 is 0. The Morgan fingerprint density at radius 3 is 2.25 bits per heavy atom. The van der Waals surface area contributed by atoms with Crippen LogP contribution in [0.1, 0.15) is 43.2 Å². The van der Waals surface area contributed by atoms with Gasteiger partial charge in [-0.1, -0.05) is 24.3 Å². The van der Waals surface area contributed by atoms with E-state index in [9.17, 15) is 14.7 Å². The topological polar surface area (TPSA) is 94.8 Å². The summed E-state index contributed by atoms with van der Waals surface area (Å²) in [4.78, 5) is 21.2. The first-order valence-corrected chi connectivity index (χ1v) is 6.61. The fourth-order valence-corrected chi connectivity index (χ4v) is 1.95. The van der Waals surface area contributed by atoms with E-state index in [-0.39, 0.29) is 6.42 Å². The Labute approximate surface area is 117 Å². The van der Waals surface area contributed by atoms with Crippen molar-refractivity contribution in [2.75, 3.05) is 0 Å². The van der Waals surface area contributed by atoms with Crippen LogP contribution >= 0.6 is 0 Å². The molecule has 5 nitrogen and oxygen atoms in total. The second kappa shape index (κ2) is 7.65. The van der Waals surface area contributed by atoms with Crippen molar-refractivity contribution in [3.8, 4) is 0 Å². The number of aliphatic carboxylic acids is 2. The summed E-state index contributed by atoms with van der Waals surface area (Å²) < 4.78 is 0. The van der Waals surface area contributed by atoms with Crippen LogP contribution in [0.3, 0.4) is 0 Å². The molecule has 20 heavy (non-hydrogen) atoms. The van der Waals surface area contributed by atoms with Gasteiger partial charge in [0, 0.05) is 6.42 Å². The summed E-state index contributed by atoms with van der Waals surface area (Å²) in [5.41, 5.74) is 1.63. The molecule has 3 N–H and O–H groups in total. The highest BCUT2D eigenvalue weighted by Crippen LogP contribution is 2.17. The third-order valence-electron chi connectivity index (χ3n) is 3.25. The summed E-state index contributed by atoms with van der Waals surface area (Å²) in [5.74, 6) is -2.28. The Morgan fingerprint density at radius 1 is 1.15 bits per heavy atom. The van der Waals surface area contributed by atoms with Crippen LogP contribution in [0.15, 0.2) is 24.3 Å². The van der Waals surface area contributed by atoms with E-state index in [2.05, 4.69) is 0 Å². The second-order valence-electron chi connectivity index (χ2n) is 4.95. The Balaban J connectivity index is 2.48. The van der Waals surface area contributed by atoms with E-state index >= 15 is 0 Å². The lowest BCUT2D eigenvalue weighted by molar-refractivity contribution is -0.138. The van der Waals surface area contributed by atoms with Gasteiger partial charge in [-0.2, -0.15) is 0 Å². The maximum absolute atomic E-state index is 10.8. The van der Waals surface area contributed by atoms with Crippen LogP contribution in [-0.4, -0.2) is 33.4 Å². The summed E-state index contributed by atoms with van der Waals surface area (Å²) in [6.07, 6.45) is 0.828. The number of hydrogen-bond donors (Lipinski definition) is 3. The number of carbonyl (C=O) groups is 2. The minimum atomic E-state index is -0.869. The summed E-state index contributed by atoms with van der Waals surface area (Å²) in [5, 5.41) is 27.2. The van der Waals surface area contributed by atoms with E-state index in [1.807, 2.05) is 0 Å². The molecule has 0 saturated heterocycles. The van der Waals surface area contributed by atoms with Gasteiger partial charge in [0.05, 0.1) is 12.0 Å². The van der Waals surface area contributed by atoms with Gasteiger partial charge in [-0.25, -0.2) is 0 Å². The molecule has 110 valence electrons. The largest absolute Gasteiger partial charge is 0.481 e. The monoisotopic (exact) mass is 280 g/mol. The molecule has 0 aliphatic carbocycles. The van der Waals surface area contributed by atoms with Gasteiger partial charge >= 0.3 is 11.9 Å². The minimum Gasteiger partial charge on any atom is -0.481 e. The van der Waals surface area contributed by atoms with Crippen molar-refractivity contribution in [1.82, 2.24) is 0 Å². The molecule has 1 rings (SSSR count). The first-order valence-electron chi connectivity index (χ1n) is 6.61. The number of aliphatic hydroxyl groups is 1. The standard InChI is InChI=1S/C15H20O5/c1-10(15(19)20)12-7-5-11(6-8-12)9-13(16)3-2-4-14(17)18/h5-8,10,13,16H,2-4,9H2,1H3,(H,17,18)(H,19,20). The molecule has 0 aliphatic heterocycles. The molecule has 0 saturated carbocycles. The number of carboxylic acids is 2. The first kappa shape index (κ1) is 16.2. The van der Waals surface area contributed by atoms with Crippen LogP contribution in [0.4, 0.5) is 0 Å². The van der Waals surface area contributed by atoms with Crippen LogP contribution < -0.4 is 0 Å². The predicted molar refractivity (Wildman–Crippen MR) is 73.7 cm³/mol. The van der Waals surface area contributed by atoms with E-state index in [4.69, 9.17) is 10.2 Å². The molecule has 0 radical (unpaired) electrons. The van der Waals surface area contributed by atoms with Gasteiger partial charge in [-0.05, 0) is 37.3 Å². The molecular weight excluding hydrogens is 260 g/mol. The van der Waals surface area contributed by atoms with Crippen molar-refractivity contribution < 1.29 is 24.9 Å². The van der Waals surface area contributed by atoms with E-state index in [1.54, 1.807) is 31.2 Å². The molecule has 1 aromatic carbocycles. The van der Waals surface area contributed by atoms with E-state index in [1.165, 1.54) is 0 Å². The Kier molecular flexibility index (Phi) is 6.18. The quantitative estimate of drug-likeness (QED) is 0.677. The van der Waals surface area contributed by atoms with Gasteiger partial charge in [0.1, 0.15) is 0 Å². The van der Waals surface area contributed by atoms with Crippen molar-refractivity contribution >= 4 is 11.9 Å². The number of carboxylic acid groups (broad SMARTS) is 2. The number of aliphatic hydroxyl groups excluding tert-OH is 1. The number of benzene rings is 1. The highest BCUT2D eigenvalue weighted by atomic mass is 16.4. The lowest BCUT2D eigenvalue weighted by atomic mass is 9.97. The van der Waals surface area contributed by atoms with E-state index in [0.717, 1.165) is 11.1 Å². The molecule has 0 amide bonds. The van der Waals surface area contributed by atoms with Crippen molar-refractivity contribution in [3.63, 3.8) is 0 Å². The lowest BCUT2D eigenvalue weighted by Crippen LogP contribution is -2.12. The molecular formula is C15H20O5. The number of rotatable bonds is 8. The van der Waals surface area contributed by atoms with E-state index < -0.39 is 24.0 Å². The highest BCUT2D eigenvalue weighted by Gasteiger charge is 2.13. The zero-order valence-electron chi connectivity index (χ0n) is 11.5. The van der Waals surface area contributed by atoms with Crippen LogP contribution in [0.5, 0.6) is 0 Å².